The van der Waals surface area contributed by atoms with Gasteiger partial charge in [-0.2, -0.15) is 0 Å². The number of aliphatic hydroxyl groups excluding tert-OH is 3. The van der Waals surface area contributed by atoms with Gasteiger partial charge in [-0.15, -0.1) is 23.4 Å². The van der Waals surface area contributed by atoms with Crippen LogP contribution in [-0.4, -0.2) is 87.0 Å². The number of carbonyl (C=O) groups is 1. The third-order valence-electron chi connectivity index (χ3n) is 5.83. The van der Waals surface area contributed by atoms with Crippen LogP contribution < -0.4 is 10.6 Å². The third-order valence-corrected chi connectivity index (χ3v) is 6.95. The number of carbonyl (C=O) groups excluding carboxylic acids is 1. The summed E-state index contributed by atoms with van der Waals surface area (Å²) >= 11 is 7.46. The fourth-order valence-corrected chi connectivity index (χ4v) is 4.89. The molecule has 2 fully saturated rings. The number of hydrogen-bond donors (Lipinski definition) is 5. The molecule has 0 spiro atoms. The molecule has 0 saturated carbocycles. The molecule has 0 aromatic rings. The zero-order valence-corrected chi connectivity index (χ0v) is 18.8. The van der Waals surface area contributed by atoms with Crippen molar-refractivity contribution in [2.24, 2.45) is 0 Å². The van der Waals surface area contributed by atoms with Crippen molar-refractivity contribution in [3.63, 3.8) is 0 Å². The fraction of sp³-hybridized carbons (Fsp3) is 0.947. The van der Waals surface area contributed by atoms with Gasteiger partial charge in [0.1, 0.15) is 35.5 Å². The molecule has 9 atom stereocenters. The molecular weight excluding hydrogens is 423 g/mol. The number of halogens is 2. The molecule has 4 unspecified atom stereocenters. The molecule has 0 bridgehead atoms. The van der Waals surface area contributed by atoms with Crippen LogP contribution >= 0.6 is 23.4 Å². The number of hydrogen-bond acceptors (Lipinski definition) is 7. The number of thioether (sulfide) groups is 1. The summed E-state index contributed by atoms with van der Waals surface area (Å²) in [5.74, 6) is -0.419. The Bertz CT molecular complexity index is 547. The lowest BCUT2D eigenvalue weighted by Crippen LogP contribution is -2.65. The minimum atomic E-state index is -1.43. The van der Waals surface area contributed by atoms with Gasteiger partial charge in [0.2, 0.25) is 5.91 Å². The first-order chi connectivity index (χ1) is 13.6. The first kappa shape index (κ1) is 25.1. The van der Waals surface area contributed by atoms with Crippen LogP contribution in [-0.2, 0) is 9.53 Å². The van der Waals surface area contributed by atoms with E-state index in [-0.39, 0.29) is 6.42 Å². The number of amides is 1. The summed E-state index contributed by atoms with van der Waals surface area (Å²) in [6.45, 7) is 4.05. The normalized spacial score (nSPS) is 40.3. The van der Waals surface area contributed by atoms with Crippen molar-refractivity contribution < 1.29 is 29.2 Å². The second-order valence-electron chi connectivity index (χ2n) is 8.10. The molecule has 10 heteroatoms. The quantitative estimate of drug-likeness (QED) is 0.345. The van der Waals surface area contributed by atoms with Crippen molar-refractivity contribution in [2.45, 2.75) is 98.9 Å². The van der Waals surface area contributed by atoms with Crippen molar-refractivity contribution in [3.8, 4) is 0 Å². The lowest BCUT2D eigenvalue weighted by Gasteiger charge is -2.44. The van der Waals surface area contributed by atoms with Crippen molar-refractivity contribution in [1.82, 2.24) is 10.6 Å². The SMILES string of the molecule is CCCCC1(F)CCNC(C(=O)NC(C(C)Cl)[C@H]2O[C@H](SC)[C@H](O)[C@@H](O)[C@H]2O)C1. The maximum absolute atomic E-state index is 15.1. The summed E-state index contributed by atoms with van der Waals surface area (Å²) < 4.78 is 20.8. The first-order valence-electron chi connectivity index (χ1n) is 10.2. The maximum Gasteiger partial charge on any atom is 0.237 e. The summed E-state index contributed by atoms with van der Waals surface area (Å²) in [6.07, 6.45) is -0.893. The van der Waals surface area contributed by atoms with E-state index in [1.165, 1.54) is 11.8 Å². The van der Waals surface area contributed by atoms with E-state index in [1.807, 2.05) is 6.92 Å². The molecule has 2 heterocycles. The number of aliphatic hydroxyl groups is 3. The highest BCUT2D eigenvalue weighted by molar-refractivity contribution is 7.99. The Hall–Kier alpha value is -0.160. The van der Waals surface area contributed by atoms with Gasteiger partial charge in [0.25, 0.3) is 0 Å². The lowest BCUT2D eigenvalue weighted by atomic mass is 9.84. The van der Waals surface area contributed by atoms with Crippen molar-refractivity contribution in [1.29, 1.82) is 0 Å². The largest absolute Gasteiger partial charge is 0.388 e. The van der Waals surface area contributed by atoms with Crippen molar-refractivity contribution >= 4 is 29.3 Å². The summed E-state index contributed by atoms with van der Waals surface area (Å²) in [5, 5.41) is 35.8. The third kappa shape index (κ3) is 6.18. The number of rotatable bonds is 8. The van der Waals surface area contributed by atoms with E-state index < -0.39 is 58.9 Å². The monoisotopic (exact) mass is 456 g/mol. The predicted octanol–water partition coefficient (Wildman–Crippen LogP) is 0.920. The zero-order chi connectivity index (χ0) is 21.8. The van der Waals surface area contributed by atoms with Gasteiger partial charge in [-0.3, -0.25) is 4.79 Å². The Morgan fingerprint density at radius 3 is 2.66 bits per heavy atom. The van der Waals surface area contributed by atoms with E-state index >= 15 is 4.39 Å². The Labute approximate surface area is 181 Å². The van der Waals surface area contributed by atoms with E-state index in [2.05, 4.69) is 10.6 Å². The highest BCUT2D eigenvalue weighted by Gasteiger charge is 2.48. The van der Waals surface area contributed by atoms with Crippen LogP contribution in [0.3, 0.4) is 0 Å². The average Bonchev–Trinajstić information content (AvgIpc) is 2.69. The number of piperidine rings is 1. The van der Waals surface area contributed by atoms with Crippen LogP contribution in [0.2, 0.25) is 0 Å². The highest BCUT2D eigenvalue weighted by atomic mass is 35.5. The van der Waals surface area contributed by atoms with E-state index in [9.17, 15) is 20.1 Å². The van der Waals surface area contributed by atoms with E-state index in [1.54, 1.807) is 13.2 Å². The molecule has 0 radical (unpaired) electrons. The van der Waals surface area contributed by atoms with Crippen molar-refractivity contribution in [2.75, 3.05) is 12.8 Å². The van der Waals surface area contributed by atoms with Gasteiger partial charge >= 0.3 is 0 Å². The molecule has 7 nitrogen and oxygen atoms in total. The molecule has 2 rings (SSSR count). The van der Waals surface area contributed by atoms with Gasteiger partial charge in [0.05, 0.1) is 17.5 Å². The molecule has 2 saturated heterocycles. The lowest BCUT2D eigenvalue weighted by molar-refractivity contribution is -0.205. The van der Waals surface area contributed by atoms with Gasteiger partial charge in [0.15, 0.2) is 0 Å². The summed E-state index contributed by atoms with van der Waals surface area (Å²) in [4.78, 5) is 12.9. The van der Waals surface area contributed by atoms with E-state index in [4.69, 9.17) is 16.3 Å². The molecule has 5 N–H and O–H groups in total. The van der Waals surface area contributed by atoms with Gasteiger partial charge < -0.3 is 30.7 Å². The molecule has 1 amide bonds. The fourth-order valence-electron chi connectivity index (χ4n) is 4.00. The smallest absolute Gasteiger partial charge is 0.237 e. The molecule has 0 aromatic heterocycles. The average molecular weight is 457 g/mol. The van der Waals surface area contributed by atoms with Crippen LogP contribution in [0.4, 0.5) is 4.39 Å². The number of alkyl halides is 2. The van der Waals surface area contributed by atoms with Gasteiger partial charge in [-0.05, 0) is 32.6 Å². The van der Waals surface area contributed by atoms with Crippen LogP contribution in [0, 0.1) is 0 Å². The standard InChI is InChI=1S/C19H34ClFN2O5S/c1-4-5-6-19(21)7-8-22-11(9-19)17(27)23-12(10(2)20)16-14(25)13(24)15(26)18(28-16)29-3/h10-16,18,22,24-26H,4-9H2,1-3H3,(H,23,27)/t10?,11?,12?,13-,14+,15+,16+,18+,19?/m0/s1. The summed E-state index contributed by atoms with van der Waals surface area (Å²) in [7, 11) is 0. The summed E-state index contributed by atoms with van der Waals surface area (Å²) in [6, 6.07) is -1.54. The topological polar surface area (TPSA) is 111 Å². The number of ether oxygens (including phenoxy) is 1. The predicted molar refractivity (Wildman–Crippen MR) is 112 cm³/mol. The van der Waals surface area contributed by atoms with E-state index in [0.29, 0.717) is 19.4 Å². The van der Waals surface area contributed by atoms with Crippen LogP contribution in [0.25, 0.3) is 0 Å². The molecule has 2 aliphatic heterocycles. The minimum Gasteiger partial charge on any atom is -0.388 e. The van der Waals surface area contributed by atoms with Crippen LogP contribution in [0.5, 0.6) is 0 Å². The Balaban J connectivity index is 2.08. The van der Waals surface area contributed by atoms with E-state index in [0.717, 1.165) is 12.8 Å². The Morgan fingerprint density at radius 2 is 2.07 bits per heavy atom. The molecule has 2 aliphatic rings. The zero-order valence-electron chi connectivity index (χ0n) is 17.2. The Kier molecular flexibility index (Phi) is 9.46. The van der Waals surface area contributed by atoms with Crippen LogP contribution in [0.1, 0.15) is 46.0 Å². The highest BCUT2D eigenvalue weighted by Crippen LogP contribution is 2.33. The summed E-state index contributed by atoms with van der Waals surface area (Å²) in [5.41, 5.74) is -2.15. The molecular formula is C19H34ClFN2O5S. The second kappa shape index (κ2) is 10.9. The van der Waals surface area contributed by atoms with Gasteiger partial charge in [-0.1, -0.05) is 19.8 Å². The van der Waals surface area contributed by atoms with Gasteiger partial charge in [-0.25, -0.2) is 4.39 Å². The molecule has 0 aliphatic carbocycles. The number of unbranched alkanes of at least 4 members (excludes halogenated alkanes) is 1. The second-order valence-corrected chi connectivity index (χ2v) is 9.73. The van der Waals surface area contributed by atoms with Crippen molar-refractivity contribution in [3.05, 3.63) is 0 Å². The molecule has 29 heavy (non-hydrogen) atoms. The molecule has 170 valence electrons. The number of nitrogens with one attached hydrogen (secondary N) is 2. The first-order valence-corrected chi connectivity index (χ1v) is 11.9. The Morgan fingerprint density at radius 1 is 1.38 bits per heavy atom. The minimum absolute atomic E-state index is 0.0745. The van der Waals surface area contributed by atoms with Crippen LogP contribution in [0.15, 0.2) is 0 Å². The maximum atomic E-state index is 15.1. The van der Waals surface area contributed by atoms with Gasteiger partial charge in [0, 0.05) is 6.42 Å². The molecule has 0 aromatic carbocycles.